The first-order valence-electron chi connectivity index (χ1n) is 10.1. The maximum absolute atomic E-state index is 13.1. The molecule has 0 radical (unpaired) electrons. The van der Waals surface area contributed by atoms with Gasteiger partial charge >= 0.3 is 5.97 Å². The number of hydrogen-bond donors (Lipinski definition) is 0. The lowest BCUT2D eigenvalue weighted by Crippen LogP contribution is -2.53. The second kappa shape index (κ2) is 8.74. The van der Waals surface area contributed by atoms with Crippen molar-refractivity contribution in [1.29, 1.82) is 0 Å². The lowest BCUT2D eigenvalue weighted by molar-refractivity contribution is -0.123. The number of hydrogen-bond acceptors (Lipinski definition) is 8. The molecule has 1 atom stereocenters. The van der Waals surface area contributed by atoms with Gasteiger partial charge in [0.1, 0.15) is 9.77 Å². The summed E-state index contributed by atoms with van der Waals surface area (Å²) in [5.74, 6) is -1.25. The Balaban J connectivity index is 1.45. The third-order valence-electron chi connectivity index (χ3n) is 5.75. The van der Waals surface area contributed by atoms with Crippen LogP contribution in [-0.4, -0.2) is 74.7 Å². The molecule has 4 rings (SSSR count). The number of methoxy groups -OCH3 is 1. The van der Waals surface area contributed by atoms with Gasteiger partial charge in [0.25, 0.3) is 5.91 Å². The smallest absolute Gasteiger partial charge is 0.349 e. The summed E-state index contributed by atoms with van der Waals surface area (Å²) in [5, 5.41) is 1.54. The monoisotopic (exact) mass is 477 g/mol. The minimum atomic E-state index is -3.88. The van der Waals surface area contributed by atoms with E-state index in [9.17, 15) is 22.8 Å². The molecule has 1 aromatic heterocycles. The number of benzene rings is 1. The van der Waals surface area contributed by atoms with E-state index in [1.165, 1.54) is 27.8 Å². The standard InChI is InChI=1S/C21H23N3O6S2/c1-14-3-5-15(6-4-14)24-18(25)13-16(20(24)26)22-8-10-23(11-9-22)32(28,29)17-7-12-31-19(17)21(27)30-2/h3-7,12,16H,8-11,13H2,1-2H3/t16-/m1/s1. The maximum Gasteiger partial charge on any atom is 0.349 e. The Hall–Kier alpha value is -2.60. The molecule has 0 aliphatic carbocycles. The fourth-order valence-electron chi connectivity index (χ4n) is 4.00. The number of imide groups is 1. The van der Waals surface area contributed by atoms with E-state index < -0.39 is 22.0 Å². The van der Waals surface area contributed by atoms with E-state index in [-0.39, 0.29) is 41.1 Å². The maximum atomic E-state index is 13.1. The first-order valence-corrected chi connectivity index (χ1v) is 12.4. The Kier molecular flexibility index (Phi) is 6.17. The van der Waals surface area contributed by atoms with Crippen molar-refractivity contribution in [1.82, 2.24) is 9.21 Å². The Morgan fingerprint density at radius 3 is 2.34 bits per heavy atom. The van der Waals surface area contributed by atoms with Crippen molar-refractivity contribution in [3.8, 4) is 0 Å². The van der Waals surface area contributed by atoms with Crippen molar-refractivity contribution < 1.29 is 27.5 Å². The number of anilines is 1. The number of esters is 1. The van der Waals surface area contributed by atoms with E-state index in [1.54, 1.807) is 12.1 Å². The number of nitrogens with zero attached hydrogens (tertiary/aromatic N) is 3. The third kappa shape index (κ3) is 3.96. The Bertz CT molecular complexity index is 1150. The number of amides is 2. The minimum Gasteiger partial charge on any atom is -0.465 e. The average Bonchev–Trinajstić information content (AvgIpc) is 3.39. The number of carbonyl (C=O) groups is 3. The summed E-state index contributed by atoms with van der Waals surface area (Å²) in [6.45, 7) is 2.85. The van der Waals surface area contributed by atoms with Crippen LogP contribution < -0.4 is 4.90 Å². The highest BCUT2D eigenvalue weighted by atomic mass is 32.2. The van der Waals surface area contributed by atoms with Crippen molar-refractivity contribution in [2.24, 2.45) is 0 Å². The number of sulfonamides is 1. The molecule has 2 aromatic rings. The molecule has 0 bridgehead atoms. The van der Waals surface area contributed by atoms with Crippen LogP contribution >= 0.6 is 11.3 Å². The van der Waals surface area contributed by atoms with Gasteiger partial charge in [-0.05, 0) is 30.5 Å². The summed E-state index contributed by atoms with van der Waals surface area (Å²) < 4.78 is 32.1. The number of aryl methyl sites for hydroxylation is 1. The van der Waals surface area contributed by atoms with E-state index in [2.05, 4.69) is 4.74 Å². The Labute approximate surface area is 190 Å². The van der Waals surface area contributed by atoms with Gasteiger partial charge in [-0.1, -0.05) is 17.7 Å². The van der Waals surface area contributed by atoms with Gasteiger partial charge in [-0.15, -0.1) is 11.3 Å². The molecule has 0 spiro atoms. The minimum absolute atomic E-state index is 0.0419. The molecule has 2 saturated heterocycles. The molecule has 3 heterocycles. The molecule has 11 heteroatoms. The molecular weight excluding hydrogens is 454 g/mol. The fraction of sp³-hybridized carbons (Fsp3) is 0.381. The van der Waals surface area contributed by atoms with Crippen molar-refractivity contribution in [2.75, 3.05) is 38.2 Å². The van der Waals surface area contributed by atoms with E-state index in [0.29, 0.717) is 18.8 Å². The summed E-state index contributed by atoms with van der Waals surface area (Å²) in [5.41, 5.74) is 1.57. The van der Waals surface area contributed by atoms with Crippen LogP contribution in [-0.2, 0) is 24.3 Å². The Morgan fingerprint density at radius 1 is 1.06 bits per heavy atom. The summed E-state index contributed by atoms with van der Waals surface area (Å²) >= 11 is 1.02. The molecule has 0 saturated carbocycles. The van der Waals surface area contributed by atoms with E-state index in [1.807, 2.05) is 24.0 Å². The van der Waals surface area contributed by atoms with E-state index in [0.717, 1.165) is 16.9 Å². The number of piperazine rings is 1. The van der Waals surface area contributed by atoms with Gasteiger partial charge in [-0.3, -0.25) is 14.5 Å². The molecule has 0 N–H and O–H groups in total. The highest BCUT2D eigenvalue weighted by Gasteiger charge is 2.44. The number of thiophene rings is 1. The van der Waals surface area contributed by atoms with E-state index in [4.69, 9.17) is 0 Å². The van der Waals surface area contributed by atoms with Crippen molar-refractivity contribution in [2.45, 2.75) is 24.3 Å². The average molecular weight is 478 g/mol. The normalized spacial score (nSPS) is 20.7. The molecule has 2 aliphatic rings. The van der Waals surface area contributed by atoms with Crippen LogP contribution in [0.15, 0.2) is 40.6 Å². The zero-order valence-electron chi connectivity index (χ0n) is 17.7. The summed E-state index contributed by atoms with van der Waals surface area (Å²) in [6, 6.07) is 7.98. The molecule has 0 unspecified atom stereocenters. The van der Waals surface area contributed by atoms with Crippen LogP contribution in [0.3, 0.4) is 0 Å². The SMILES string of the molecule is COC(=O)c1sccc1S(=O)(=O)N1CCN([C@@H]2CC(=O)N(c3ccc(C)cc3)C2=O)CC1. The van der Waals surface area contributed by atoms with Gasteiger partial charge in [-0.2, -0.15) is 4.31 Å². The quantitative estimate of drug-likeness (QED) is 0.475. The predicted molar refractivity (Wildman–Crippen MR) is 118 cm³/mol. The first kappa shape index (κ1) is 22.6. The predicted octanol–water partition coefficient (Wildman–Crippen LogP) is 1.48. The topological polar surface area (TPSA) is 104 Å². The molecule has 2 amide bonds. The van der Waals surface area contributed by atoms with Crippen LogP contribution in [0.2, 0.25) is 0 Å². The second-order valence-corrected chi connectivity index (χ2v) is 10.5. The van der Waals surface area contributed by atoms with Crippen LogP contribution in [0.1, 0.15) is 21.7 Å². The highest BCUT2D eigenvalue weighted by Crippen LogP contribution is 2.29. The lowest BCUT2D eigenvalue weighted by Gasteiger charge is -2.36. The molecule has 32 heavy (non-hydrogen) atoms. The Morgan fingerprint density at radius 2 is 1.72 bits per heavy atom. The van der Waals surface area contributed by atoms with Gasteiger partial charge in [0.2, 0.25) is 15.9 Å². The van der Waals surface area contributed by atoms with E-state index >= 15 is 0 Å². The van der Waals surface area contributed by atoms with Gasteiger partial charge in [0.15, 0.2) is 0 Å². The van der Waals surface area contributed by atoms with Crippen LogP contribution in [0.25, 0.3) is 0 Å². The summed E-state index contributed by atoms with van der Waals surface area (Å²) in [6.07, 6.45) is 0.0660. The lowest BCUT2D eigenvalue weighted by atomic mass is 10.2. The van der Waals surface area contributed by atoms with Crippen molar-refractivity contribution in [3.63, 3.8) is 0 Å². The fourth-order valence-corrected chi connectivity index (χ4v) is 6.73. The third-order valence-corrected chi connectivity index (χ3v) is 8.71. The zero-order chi connectivity index (χ0) is 23.0. The highest BCUT2D eigenvalue weighted by molar-refractivity contribution is 7.89. The van der Waals surface area contributed by atoms with Crippen LogP contribution in [0, 0.1) is 6.92 Å². The summed E-state index contributed by atoms with van der Waals surface area (Å²) in [4.78, 5) is 40.5. The second-order valence-electron chi connectivity index (χ2n) is 7.67. The molecule has 2 aliphatic heterocycles. The van der Waals surface area contributed by atoms with Gasteiger partial charge < -0.3 is 4.74 Å². The van der Waals surface area contributed by atoms with Crippen molar-refractivity contribution in [3.05, 3.63) is 46.2 Å². The number of rotatable bonds is 5. The largest absolute Gasteiger partial charge is 0.465 e. The van der Waals surface area contributed by atoms with Gasteiger partial charge in [0.05, 0.1) is 25.3 Å². The molecule has 170 valence electrons. The zero-order valence-corrected chi connectivity index (χ0v) is 19.3. The molecular formula is C21H23N3O6S2. The number of ether oxygens (including phenoxy) is 1. The van der Waals surface area contributed by atoms with Crippen molar-refractivity contribution >= 4 is 44.8 Å². The van der Waals surface area contributed by atoms with Crippen LogP contribution in [0.4, 0.5) is 5.69 Å². The van der Waals surface area contributed by atoms with Crippen LogP contribution in [0.5, 0.6) is 0 Å². The molecule has 1 aromatic carbocycles. The van der Waals surface area contributed by atoms with Gasteiger partial charge in [-0.25, -0.2) is 18.1 Å². The molecule has 9 nitrogen and oxygen atoms in total. The summed E-state index contributed by atoms with van der Waals surface area (Å²) in [7, 11) is -2.67. The van der Waals surface area contributed by atoms with Gasteiger partial charge in [0, 0.05) is 26.2 Å². The number of carbonyl (C=O) groups excluding carboxylic acids is 3. The first-order chi connectivity index (χ1) is 15.2. The molecule has 2 fully saturated rings.